The van der Waals surface area contributed by atoms with Gasteiger partial charge in [-0.1, -0.05) is 38.1 Å². The molecule has 1 aliphatic rings. The van der Waals surface area contributed by atoms with Crippen molar-refractivity contribution in [2.24, 2.45) is 5.92 Å². The molecule has 0 saturated carbocycles. The third kappa shape index (κ3) is 6.80. The number of hydrogen-bond donors (Lipinski definition) is 2. The number of Topliss-reactive ketones (excluding diaryl/α,β-unsaturated/α-hetero) is 1. The van der Waals surface area contributed by atoms with E-state index in [-0.39, 0.29) is 36.1 Å². The molecule has 1 aliphatic heterocycles. The molecule has 1 aromatic carbocycles. The predicted octanol–water partition coefficient (Wildman–Crippen LogP) is 2.73. The summed E-state index contributed by atoms with van der Waals surface area (Å²) in [6.07, 6.45) is 2.33. The van der Waals surface area contributed by atoms with Crippen molar-refractivity contribution in [1.29, 1.82) is 0 Å². The molecule has 11 nitrogen and oxygen atoms in total. The van der Waals surface area contributed by atoms with Gasteiger partial charge in [-0.15, -0.1) is 0 Å². The quantitative estimate of drug-likeness (QED) is 0.401. The summed E-state index contributed by atoms with van der Waals surface area (Å²) in [5.41, 5.74) is 0.786. The van der Waals surface area contributed by atoms with Crippen molar-refractivity contribution in [1.82, 2.24) is 24.9 Å². The normalized spacial score (nSPS) is 17.3. The van der Waals surface area contributed by atoms with Crippen LogP contribution in [-0.2, 0) is 19.6 Å². The third-order valence-electron chi connectivity index (χ3n) is 6.54. The van der Waals surface area contributed by atoms with Crippen molar-refractivity contribution in [3.63, 3.8) is 0 Å². The van der Waals surface area contributed by atoms with Gasteiger partial charge in [-0.25, -0.2) is 18.4 Å². The second-order valence-corrected chi connectivity index (χ2v) is 12.0. The van der Waals surface area contributed by atoms with Crippen molar-refractivity contribution in [2.45, 2.75) is 57.1 Å². The number of ketones is 1. The Kier molecular flexibility index (Phi) is 9.10. The minimum Gasteiger partial charge on any atom is -0.441 e. The SMILES string of the molecule is Cc1oc(-c2ccccc2)nc1C(=O)N[C@@H](CC(C)C)C(=O)NC1CCCN(S(=O)(=O)c2ccccn2)CC1=O. The minimum absolute atomic E-state index is 0.0539. The summed E-state index contributed by atoms with van der Waals surface area (Å²) in [5, 5.41) is 5.35. The van der Waals surface area contributed by atoms with Gasteiger partial charge in [0.15, 0.2) is 16.5 Å². The van der Waals surface area contributed by atoms with Gasteiger partial charge < -0.3 is 15.1 Å². The number of rotatable bonds is 9. The van der Waals surface area contributed by atoms with Crippen LogP contribution in [-0.4, -0.2) is 65.5 Å². The van der Waals surface area contributed by atoms with Gasteiger partial charge in [-0.3, -0.25) is 14.4 Å². The van der Waals surface area contributed by atoms with Crippen LogP contribution in [0.25, 0.3) is 11.5 Å². The topological polar surface area (TPSA) is 152 Å². The molecule has 2 amide bonds. The van der Waals surface area contributed by atoms with Gasteiger partial charge in [0, 0.05) is 18.3 Å². The van der Waals surface area contributed by atoms with Crippen LogP contribution >= 0.6 is 0 Å². The number of aromatic nitrogens is 2. The van der Waals surface area contributed by atoms with E-state index >= 15 is 0 Å². The maximum Gasteiger partial charge on any atom is 0.274 e. The lowest BCUT2D eigenvalue weighted by atomic mass is 10.0. The van der Waals surface area contributed by atoms with E-state index in [0.29, 0.717) is 30.1 Å². The van der Waals surface area contributed by atoms with Crippen molar-refractivity contribution < 1.29 is 27.2 Å². The van der Waals surface area contributed by atoms with E-state index in [1.807, 2.05) is 44.2 Å². The lowest BCUT2D eigenvalue weighted by molar-refractivity contribution is -0.129. The molecule has 2 aromatic heterocycles. The highest BCUT2D eigenvalue weighted by molar-refractivity contribution is 7.89. The van der Waals surface area contributed by atoms with E-state index < -0.39 is 39.7 Å². The molecule has 1 fully saturated rings. The monoisotopic (exact) mass is 567 g/mol. The van der Waals surface area contributed by atoms with Crippen LogP contribution in [0.2, 0.25) is 0 Å². The fourth-order valence-electron chi connectivity index (χ4n) is 4.50. The molecule has 2 N–H and O–H groups in total. The van der Waals surface area contributed by atoms with Gasteiger partial charge in [0.25, 0.3) is 15.9 Å². The summed E-state index contributed by atoms with van der Waals surface area (Å²) in [5.74, 6) is -0.858. The van der Waals surface area contributed by atoms with Gasteiger partial charge in [0.1, 0.15) is 11.8 Å². The van der Waals surface area contributed by atoms with Crippen LogP contribution < -0.4 is 10.6 Å². The second kappa shape index (κ2) is 12.5. The number of carbonyl (C=O) groups is 3. The number of oxazole rings is 1. The smallest absolute Gasteiger partial charge is 0.274 e. The average molecular weight is 568 g/mol. The Morgan fingerprint density at radius 1 is 1.12 bits per heavy atom. The maximum atomic E-state index is 13.3. The number of carbonyl (C=O) groups excluding carboxylic acids is 3. The van der Waals surface area contributed by atoms with E-state index in [9.17, 15) is 22.8 Å². The number of pyridine rings is 1. The number of amides is 2. The van der Waals surface area contributed by atoms with E-state index in [1.54, 1.807) is 19.1 Å². The first-order chi connectivity index (χ1) is 19.1. The Labute approximate surface area is 233 Å². The van der Waals surface area contributed by atoms with Gasteiger partial charge in [-0.2, -0.15) is 4.31 Å². The van der Waals surface area contributed by atoms with Crippen LogP contribution in [0.15, 0.2) is 64.2 Å². The molecule has 0 radical (unpaired) electrons. The van der Waals surface area contributed by atoms with Crippen molar-refractivity contribution in [3.8, 4) is 11.5 Å². The zero-order valence-electron chi connectivity index (χ0n) is 22.7. The van der Waals surface area contributed by atoms with E-state index in [2.05, 4.69) is 20.6 Å². The lowest BCUT2D eigenvalue weighted by Crippen LogP contribution is -2.52. The fourth-order valence-corrected chi connectivity index (χ4v) is 5.87. The third-order valence-corrected chi connectivity index (χ3v) is 8.30. The highest BCUT2D eigenvalue weighted by atomic mass is 32.2. The average Bonchev–Trinajstić information content (AvgIpc) is 3.23. The van der Waals surface area contributed by atoms with Crippen molar-refractivity contribution in [3.05, 3.63) is 66.2 Å². The molecule has 4 rings (SSSR count). The first-order valence-corrected chi connectivity index (χ1v) is 14.6. The van der Waals surface area contributed by atoms with Crippen LogP contribution in [0.4, 0.5) is 0 Å². The zero-order valence-corrected chi connectivity index (χ0v) is 23.5. The molecule has 40 heavy (non-hydrogen) atoms. The molecule has 1 saturated heterocycles. The summed E-state index contributed by atoms with van der Waals surface area (Å²) >= 11 is 0. The van der Waals surface area contributed by atoms with Crippen molar-refractivity contribution >= 4 is 27.6 Å². The Morgan fingerprint density at radius 2 is 1.85 bits per heavy atom. The van der Waals surface area contributed by atoms with Crippen LogP contribution in [0.1, 0.15) is 49.4 Å². The largest absolute Gasteiger partial charge is 0.441 e. The molecule has 3 heterocycles. The Hall–Kier alpha value is -3.90. The molecule has 3 aromatic rings. The number of benzene rings is 1. The first-order valence-electron chi connectivity index (χ1n) is 13.1. The summed E-state index contributed by atoms with van der Waals surface area (Å²) < 4.78 is 32.7. The first kappa shape index (κ1) is 29.1. The second-order valence-electron chi connectivity index (χ2n) is 10.1. The highest BCUT2D eigenvalue weighted by Crippen LogP contribution is 2.22. The number of sulfonamides is 1. The van der Waals surface area contributed by atoms with E-state index in [4.69, 9.17) is 4.42 Å². The Balaban J connectivity index is 1.45. The van der Waals surface area contributed by atoms with E-state index in [1.165, 1.54) is 12.3 Å². The summed E-state index contributed by atoms with van der Waals surface area (Å²) in [4.78, 5) is 47.8. The minimum atomic E-state index is -3.96. The maximum absolute atomic E-state index is 13.3. The number of nitrogens with zero attached hydrogens (tertiary/aromatic N) is 3. The van der Waals surface area contributed by atoms with E-state index in [0.717, 1.165) is 4.31 Å². The van der Waals surface area contributed by atoms with Gasteiger partial charge in [0.05, 0.1) is 12.6 Å². The number of aryl methyl sites for hydroxylation is 1. The Bertz CT molecular complexity index is 1460. The fraction of sp³-hybridized carbons (Fsp3) is 0.393. The lowest BCUT2D eigenvalue weighted by Gasteiger charge is -2.23. The Morgan fingerprint density at radius 3 is 2.52 bits per heavy atom. The number of nitrogens with one attached hydrogen (secondary N) is 2. The van der Waals surface area contributed by atoms with Gasteiger partial charge >= 0.3 is 0 Å². The van der Waals surface area contributed by atoms with Crippen LogP contribution in [0.3, 0.4) is 0 Å². The van der Waals surface area contributed by atoms with Gasteiger partial charge in [-0.05, 0) is 56.4 Å². The summed E-state index contributed by atoms with van der Waals surface area (Å²) in [6.45, 7) is 5.20. The summed E-state index contributed by atoms with van der Waals surface area (Å²) in [7, 11) is -3.96. The molecule has 1 unspecified atom stereocenters. The molecular formula is C28H33N5O6S. The van der Waals surface area contributed by atoms with Crippen LogP contribution in [0, 0.1) is 12.8 Å². The van der Waals surface area contributed by atoms with Gasteiger partial charge in [0.2, 0.25) is 11.8 Å². The number of hydrogen-bond acceptors (Lipinski definition) is 8. The van der Waals surface area contributed by atoms with Crippen molar-refractivity contribution in [2.75, 3.05) is 13.1 Å². The molecule has 212 valence electrons. The van der Waals surface area contributed by atoms with Crippen LogP contribution in [0.5, 0.6) is 0 Å². The molecule has 2 atom stereocenters. The zero-order chi connectivity index (χ0) is 28.9. The predicted molar refractivity (Wildman–Crippen MR) is 147 cm³/mol. The molecule has 0 spiro atoms. The molecule has 0 aliphatic carbocycles. The molecular weight excluding hydrogens is 534 g/mol. The highest BCUT2D eigenvalue weighted by Gasteiger charge is 2.35. The standard InChI is InChI=1S/C28H33N5O6S/c1-18(2)16-22(31-27(36)25-19(3)39-28(32-25)20-10-5-4-6-11-20)26(35)30-21-12-9-15-33(17-23(21)34)40(37,38)24-13-7-8-14-29-24/h4-8,10-11,13-14,18,21-22H,9,12,15-17H2,1-3H3,(H,30,35)(H,31,36)/t21?,22-/m0/s1. The molecule has 12 heteroatoms. The molecule has 0 bridgehead atoms. The summed E-state index contributed by atoms with van der Waals surface area (Å²) in [6, 6.07) is 11.9.